The van der Waals surface area contributed by atoms with Crippen LogP contribution in [0.1, 0.15) is 19.4 Å². The number of fused-ring (bicyclic) bond motifs is 15. The SMILES string of the molecule is [2H]C([2H])([2H])c1ccc(-c2[c-]cccc2)nc1.[2H]C([2H])([2H])c1cnc2cc1c1cccc(c1)c1cccc(c1)c1cc3c(ccc4c5cc[c-]c2c5oc34)c2ccccc12.[Ir]. The van der Waals surface area contributed by atoms with E-state index in [0.29, 0.717) is 21.9 Å². The van der Waals surface area contributed by atoms with E-state index in [1.807, 2.05) is 48.5 Å². The van der Waals surface area contributed by atoms with Crippen molar-refractivity contribution in [2.24, 2.45) is 0 Å². The van der Waals surface area contributed by atoms with Gasteiger partial charge in [0, 0.05) is 51.5 Å². The van der Waals surface area contributed by atoms with Gasteiger partial charge in [-0.25, -0.2) is 0 Å². The first-order valence-electron chi connectivity index (χ1n) is 20.4. The molecule has 0 N–H and O–H groups in total. The van der Waals surface area contributed by atoms with Crippen molar-refractivity contribution < 1.29 is 32.7 Å². The van der Waals surface area contributed by atoms with Crippen molar-refractivity contribution in [1.82, 2.24) is 9.97 Å². The smallest absolute Gasteiger partial charge is 0.128 e. The van der Waals surface area contributed by atoms with Gasteiger partial charge in [0.25, 0.3) is 0 Å². The summed E-state index contributed by atoms with van der Waals surface area (Å²) in [5, 5.41) is 12.9. The summed E-state index contributed by atoms with van der Waals surface area (Å²) in [4.78, 5) is 8.79. The van der Waals surface area contributed by atoms with Gasteiger partial charge in [-0.3, -0.25) is 0 Å². The average molecular weight is 875 g/mol. The van der Waals surface area contributed by atoms with Crippen molar-refractivity contribution in [2.45, 2.75) is 13.7 Å². The fraction of sp³-hybridized carbons (Fsp3) is 0.0400. The number of hydrogen-bond acceptors (Lipinski definition) is 3. The van der Waals surface area contributed by atoms with Crippen LogP contribution in [0.5, 0.6) is 0 Å². The van der Waals surface area contributed by atoms with Gasteiger partial charge >= 0.3 is 0 Å². The number of hydrogen-bond donors (Lipinski definition) is 0. The Morgan fingerprint density at radius 1 is 0.500 bits per heavy atom. The van der Waals surface area contributed by atoms with Crippen molar-refractivity contribution in [2.75, 3.05) is 0 Å². The van der Waals surface area contributed by atoms with E-state index in [9.17, 15) is 0 Å². The second-order valence-corrected chi connectivity index (χ2v) is 13.2. The maximum absolute atomic E-state index is 8.29. The third kappa shape index (κ3) is 5.72. The molecular formula is C50H32IrN2O-2. The second kappa shape index (κ2) is 13.7. The molecule has 0 aliphatic heterocycles. The molecule has 7 aromatic carbocycles. The summed E-state index contributed by atoms with van der Waals surface area (Å²) in [7, 11) is 0. The molecule has 0 unspecified atom stereocenters. The summed E-state index contributed by atoms with van der Waals surface area (Å²) >= 11 is 0. The summed E-state index contributed by atoms with van der Waals surface area (Å²) in [6, 6.07) is 54.7. The number of aryl methyl sites for hydroxylation is 2. The first-order chi connectivity index (χ1) is 28.5. The average Bonchev–Trinajstić information content (AvgIpc) is 3.65. The molecule has 0 amide bonds. The number of aromatic nitrogens is 2. The van der Waals surface area contributed by atoms with Crippen molar-refractivity contribution in [1.29, 1.82) is 0 Å². The largest absolute Gasteiger partial charge is 0.500 e. The molecule has 0 aliphatic rings. The molecule has 4 heteroatoms. The van der Waals surface area contributed by atoms with Crippen molar-refractivity contribution in [3.8, 4) is 11.3 Å². The van der Waals surface area contributed by atoms with Crippen LogP contribution in [-0.4, -0.2) is 9.97 Å². The first-order valence-corrected chi connectivity index (χ1v) is 17.4. The van der Waals surface area contributed by atoms with E-state index in [-0.39, 0.29) is 31.2 Å². The van der Waals surface area contributed by atoms with Gasteiger partial charge in [-0.1, -0.05) is 102 Å². The third-order valence-corrected chi connectivity index (χ3v) is 10.0. The van der Waals surface area contributed by atoms with Crippen molar-refractivity contribution in [3.63, 3.8) is 0 Å². The minimum absolute atomic E-state index is 0. The number of furan rings is 1. The maximum atomic E-state index is 8.29. The van der Waals surface area contributed by atoms with Gasteiger partial charge < -0.3 is 14.4 Å². The summed E-state index contributed by atoms with van der Waals surface area (Å²) in [6.45, 7) is -4.42. The molecule has 11 aromatic rings. The molecule has 0 saturated carbocycles. The maximum Gasteiger partial charge on any atom is 0.128 e. The van der Waals surface area contributed by atoms with Crippen LogP contribution in [-0.2, 0) is 20.1 Å². The third-order valence-electron chi connectivity index (χ3n) is 10.0. The minimum atomic E-state index is -2.33. The summed E-state index contributed by atoms with van der Waals surface area (Å²) in [6.07, 6.45) is 2.88. The molecule has 4 heterocycles. The molecule has 11 rings (SSSR count). The van der Waals surface area contributed by atoms with Crippen LogP contribution in [0.25, 0.3) is 98.0 Å². The van der Waals surface area contributed by atoms with Crippen LogP contribution in [0.15, 0.2) is 162 Å². The van der Waals surface area contributed by atoms with E-state index in [0.717, 1.165) is 65.3 Å². The minimum Gasteiger partial charge on any atom is -0.500 e. The van der Waals surface area contributed by atoms with Gasteiger partial charge in [0.2, 0.25) is 0 Å². The number of pyridine rings is 2. The molecular weight excluding hydrogens is 837 g/mol. The van der Waals surface area contributed by atoms with Crippen molar-refractivity contribution in [3.05, 3.63) is 181 Å². The van der Waals surface area contributed by atoms with Crippen LogP contribution in [0, 0.1) is 25.8 Å². The Bertz CT molecular complexity index is 3470. The molecule has 0 saturated heterocycles. The van der Waals surface area contributed by atoms with Crippen LogP contribution in [0.3, 0.4) is 0 Å². The molecule has 259 valence electrons. The van der Waals surface area contributed by atoms with Gasteiger partial charge in [0.05, 0.1) is 5.58 Å². The van der Waals surface area contributed by atoms with Gasteiger partial charge in [-0.05, 0) is 103 Å². The van der Waals surface area contributed by atoms with Crippen LogP contribution in [0.2, 0.25) is 0 Å². The molecule has 3 nitrogen and oxygen atoms in total. The Kier molecular flexibility index (Phi) is 6.93. The Labute approximate surface area is 334 Å². The normalized spacial score (nSPS) is 13.5. The molecule has 10 bridgehead atoms. The number of nitrogens with zero attached hydrogens (tertiary/aromatic N) is 2. The Morgan fingerprint density at radius 3 is 1.96 bits per heavy atom. The zero-order chi connectivity index (χ0) is 40.5. The van der Waals surface area contributed by atoms with Gasteiger partial charge in [0.1, 0.15) is 5.58 Å². The monoisotopic (exact) mass is 875 g/mol. The van der Waals surface area contributed by atoms with E-state index in [2.05, 4.69) is 101 Å². The molecule has 0 atom stereocenters. The predicted octanol–water partition coefficient (Wildman–Crippen LogP) is 13.4. The molecule has 1 radical (unpaired) electrons. The second-order valence-electron chi connectivity index (χ2n) is 13.2. The first kappa shape index (κ1) is 27.4. The van der Waals surface area contributed by atoms with Gasteiger partial charge in [-0.2, -0.15) is 0 Å². The topological polar surface area (TPSA) is 38.9 Å². The van der Waals surface area contributed by atoms with Gasteiger partial charge in [0.15, 0.2) is 0 Å². The zero-order valence-corrected chi connectivity index (χ0v) is 31.0. The van der Waals surface area contributed by atoms with E-state index in [4.69, 9.17) is 12.6 Å². The predicted molar refractivity (Wildman–Crippen MR) is 222 cm³/mol. The van der Waals surface area contributed by atoms with E-state index >= 15 is 0 Å². The summed E-state index contributed by atoms with van der Waals surface area (Å²) in [5.74, 6) is 0. The van der Waals surface area contributed by atoms with E-state index in [1.165, 1.54) is 23.2 Å². The number of rotatable bonds is 1. The van der Waals surface area contributed by atoms with E-state index < -0.39 is 13.7 Å². The molecule has 0 fully saturated rings. The van der Waals surface area contributed by atoms with Crippen LogP contribution >= 0.6 is 0 Å². The molecule has 54 heavy (non-hydrogen) atoms. The Balaban J connectivity index is 0.000000230. The van der Waals surface area contributed by atoms with Crippen LogP contribution in [0.4, 0.5) is 0 Å². The molecule has 4 aromatic heterocycles. The fourth-order valence-electron chi connectivity index (χ4n) is 7.48. The Hall–Kier alpha value is -6.19. The zero-order valence-electron chi connectivity index (χ0n) is 34.6. The van der Waals surface area contributed by atoms with E-state index in [1.54, 1.807) is 18.2 Å². The Morgan fingerprint density at radius 2 is 1.22 bits per heavy atom. The van der Waals surface area contributed by atoms with Crippen LogP contribution < -0.4 is 0 Å². The number of benzene rings is 7. The summed E-state index contributed by atoms with van der Waals surface area (Å²) < 4.78 is 53.3. The fourth-order valence-corrected chi connectivity index (χ4v) is 7.48. The van der Waals surface area contributed by atoms with Crippen molar-refractivity contribution >= 4 is 86.7 Å². The molecule has 0 spiro atoms. The quantitative estimate of drug-likeness (QED) is 0.122. The molecule has 0 aliphatic carbocycles. The standard InChI is InChI=1S/C38H22NO.C12H10N.Ir/c1-22-21-39-36-20-33(22)25-9-4-7-23(17-25)24-8-5-10-26(18-24)34-19-35-29(27-11-2-3-12-28(27)34)15-16-31-30-13-6-14-32(36)37(30)40-38(31)35;1-10-7-8-12(13-9-10)11-5-3-2-4-6-11;/h2-13,15-21H,1H3;2-5,7-9H,1H3;/q2*-1;/i2*1D3;. The van der Waals surface area contributed by atoms with Gasteiger partial charge in [-0.15, -0.1) is 54.1 Å². The summed E-state index contributed by atoms with van der Waals surface area (Å²) in [5.41, 5.74) is 4.17.